The largest absolute Gasteiger partial charge is 0.305 e. The van der Waals surface area contributed by atoms with Gasteiger partial charge < -0.3 is 4.57 Å². The van der Waals surface area contributed by atoms with Crippen molar-refractivity contribution >= 4 is 11.0 Å². The third-order valence-corrected chi connectivity index (χ3v) is 5.63. The summed E-state index contributed by atoms with van der Waals surface area (Å²) in [6.07, 6.45) is 5.47. The predicted molar refractivity (Wildman–Crippen MR) is 104 cm³/mol. The molecular formula is C21H30FN3O. The van der Waals surface area contributed by atoms with Crippen LogP contribution in [0.2, 0.25) is 0 Å². The van der Waals surface area contributed by atoms with Gasteiger partial charge in [-0.25, -0.2) is 4.39 Å². The van der Waals surface area contributed by atoms with Crippen molar-refractivity contribution < 1.29 is 4.39 Å². The van der Waals surface area contributed by atoms with Gasteiger partial charge in [0, 0.05) is 30.8 Å². The molecule has 2 aromatic heterocycles. The quantitative estimate of drug-likeness (QED) is 0.828. The topological polar surface area (TPSA) is 38.1 Å². The number of likely N-dealkylation sites (tertiary alicyclic amines) is 1. The van der Waals surface area contributed by atoms with Gasteiger partial charge in [0.2, 0.25) is 0 Å². The number of fused-ring (bicyclic) bond motifs is 1. The molecule has 3 rings (SSSR count). The zero-order chi connectivity index (χ0) is 18.9. The van der Waals surface area contributed by atoms with Crippen molar-refractivity contribution in [2.24, 2.45) is 5.41 Å². The first kappa shape index (κ1) is 19.0. The highest BCUT2D eigenvalue weighted by Crippen LogP contribution is 2.31. The minimum Gasteiger partial charge on any atom is -0.305 e. The molecule has 0 spiro atoms. The van der Waals surface area contributed by atoms with Gasteiger partial charge in [-0.05, 0) is 37.3 Å². The summed E-state index contributed by atoms with van der Waals surface area (Å²) < 4.78 is 16.0. The first-order chi connectivity index (χ1) is 12.3. The van der Waals surface area contributed by atoms with E-state index in [-0.39, 0.29) is 16.8 Å². The van der Waals surface area contributed by atoms with Gasteiger partial charge >= 0.3 is 0 Å². The van der Waals surface area contributed by atoms with Crippen molar-refractivity contribution in [3.63, 3.8) is 0 Å². The van der Waals surface area contributed by atoms with Crippen LogP contribution in [0.1, 0.15) is 52.5 Å². The lowest BCUT2D eigenvalue weighted by Gasteiger charge is -2.43. The molecule has 4 nitrogen and oxygen atoms in total. The Morgan fingerprint density at radius 1 is 1.23 bits per heavy atom. The summed E-state index contributed by atoms with van der Waals surface area (Å²) in [5.41, 5.74) is 2.06. The number of aromatic nitrogens is 2. The van der Waals surface area contributed by atoms with E-state index in [0.717, 1.165) is 13.1 Å². The van der Waals surface area contributed by atoms with Crippen LogP contribution in [0, 0.1) is 11.2 Å². The fraction of sp³-hybridized carbons (Fsp3) is 0.619. The summed E-state index contributed by atoms with van der Waals surface area (Å²) in [6, 6.07) is 3.76. The molecule has 1 saturated heterocycles. The summed E-state index contributed by atoms with van der Waals surface area (Å²) in [5.74, 6) is -0.329. The first-order valence-electron chi connectivity index (χ1n) is 9.74. The number of rotatable bonds is 4. The second-order valence-electron chi connectivity index (χ2n) is 8.41. The minimum absolute atomic E-state index is 0.0797. The SMILES string of the molecule is CCc1c(F)cnc2ccc(=O)n(CCN3CCCCC3C(C)(C)C)c12. The summed E-state index contributed by atoms with van der Waals surface area (Å²) in [5, 5.41) is 0. The van der Waals surface area contributed by atoms with Crippen LogP contribution < -0.4 is 5.56 Å². The van der Waals surface area contributed by atoms with Crippen LogP contribution in [0.5, 0.6) is 0 Å². The van der Waals surface area contributed by atoms with Crippen LogP contribution in [0.25, 0.3) is 11.0 Å². The molecule has 1 atom stereocenters. The van der Waals surface area contributed by atoms with E-state index < -0.39 is 0 Å². The number of piperidine rings is 1. The van der Waals surface area contributed by atoms with E-state index in [2.05, 4.69) is 30.7 Å². The third-order valence-electron chi connectivity index (χ3n) is 5.63. The third kappa shape index (κ3) is 3.68. The number of hydrogen-bond donors (Lipinski definition) is 0. The van der Waals surface area contributed by atoms with Crippen molar-refractivity contribution in [3.05, 3.63) is 40.1 Å². The molecule has 1 unspecified atom stereocenters. The Bertz CT molecular complexity index is 837. The van der Waals surface area contributed by atoms with Gasteiger partial charge in [-0.3, -0.25) is 14.7 Å². The number of halogens is 1. The fourth-order valence-corrected chi connectivity index (χ4v) is 4.33. The highest BCUT2D eigenvalue weighted by Gasteiger charge is 2.32. The lowest BCUT2D eigenvalue weighted by molar-refractivity contribution is 0.0610. The Hall–Kier alpha value is -1.75. The molecule has 26 heavy (non-hydrogen) atoms. The predicted octanol–water partition coefficient (Wildman–Crippen LogP) is 4.00. The van der Waals surface area contributed by atoms with Crippen molar-refractivity contribution in [2.75, 3.05) is 13.1 Å². The molecule has 0 radical (unpaired) electrons. The molecular weight excluding hydrogens is 329 g/mol. The van der Waals surface area contributed by atoms with Gasteiger partial charge in [0.15, 0.2) is 0 Å². The standard InChI is InChI=1S/C21H30FN3O/c1-5-15-16(22)14-23-17-9-10-19(26)25(20(15)17)13-12-24-11-7-6-8-18(24)21(2,3)4/h9-10,14,18H,5-8,11-13H2,1-4H3. The number of hydrogen-bond acceptors (Lipinski definition) is 3. The van der Waals surface area contributed by atoms with Crippen LogP contribution in [-0.4, -0.2) is 33.6 Å². The van der Waals surface area contributed by atoms with Gasteiger partial charge in [0.25, 0.3) is 5.56 Å². The van der Waals surface area contributed by atoms with E-state index in [9.17, 15) is 9.18 Å². The van der Waals surface area contributed by atoms with Gasteiger partial charge in [-0.15, -0.1) is 0 Å². The number of nitrogens with zero attached hydrogens (tertiary/aromatic N) is 3. The maximum absolute atomic E-state index is 14.3. The van der Waals surface area contributed by atoms with E-state index in [1.54, 1.807) is 16.7 Å². The van der Waals surface area contributed by atoms with Crippen molar-refractivity contribution in [1.82, 2.24) is 14.5 Å². The highest BCUT2D eigenvalue weighted by molar-refractivity contribution is 5.78. The summed E-state index contributed by atoms with van der Waals surface area (Å²) in [7, 11) is 0. The Morgan fingerprint density at radius 2 is 2.00 bits per heavy atom. The molecule has 5 heteroatoms. The zero-order valence-electron chi connectivity index (χ0n) is 16.4. The molecule has 0 aromatic carbocycles. The smallest absolute Gasteiger partial charge is 0.251 e. The van der Waals surface area contributed by atoms with Crippen LogP contribution in [0.3, 0.4) is 0 Å². The average molecular weight is 359 g/mol. The Labute approximate surface area is 155 Å². The van der Waals surface area contributed by atoms with Crippen molar-refractivity contribution in [2.45, 2.75) is 66.0 Å². The molecule has 3 heterocycles. The second kappa shape index (κ2) is 7.47. The lowest BCUT2D eigenvalue weighted by Crippen LogP contribution is -2.48. The van der Waals surface area contributed by atoms with Crippen LogP contribution in [0.4, 0.5) is 4.39 Å². The highest BCUT2D eigenvalue weighted by atomic mass is 19.1. The normalized spacial score (nSPS) is 19.2. The molecule has 2 aromatic rings. The second-order valence-corrected chi connectivity index (χ2v) is 8.41. The van der Waals surface area contributed by atoms with E-state index in [1.807, 2.05) is 6.92 Å². The number of pyridine rings is 2. The molecule has 0 bridgehead atoms. The Kier molecular flexibility index (Phi) is 5.47. The molecule has 142 valence electrons. The van der Waals surface area contributed by atoms with Crippen molar-refractivity contribution in [1.29, 1.82) is 0 Å². The van der Waals surface area contributed by atoms with E-state index in [0.29, 0.717) is 35.6 Å². The van der Waals surface area contributed by atoms with E-state index in [4.69, 9.17) is 0 Å². The average Bonchev–Trinajstić information content (AvgIpc) is 2.60. The van der Waals surface area contributed by atoms with Gasteiger partial charge in [-0.1, -0.05) is 34.1 Å². The minimum atomic E-state index is -0.329. The maximum Gasteiger partial charge on any atom is 0.251 e. The van der Waals surface area contributed by atoms with E-state index >= 15 is 0 Å². The zero-order valence-corrected chi connectivity index (χ0v) is 16.4. The lowest BCUT2D eigenvalue weighted by atomic mass is 9.80. The molecule has 0 aliphatic carbocycles. The number of aryl methyl sites for hydroxylation is 1. The van der Waals surface area contributed by atoms with Crippen LogP contribution in [-0.2, 0) is 13.0 Å². The molecule has 1 aliphatic heterocycles. The molecule has 0 N–H and O–H groups in total. The van der Waals surface area contributed by atoms with Crippen LogP contribution in [0.15, 0.2) is 23.1 Å². The Morgan fingerprint density at radius 3 is 2.69 bits per heavy atom. The Balaban J connectivity index is 1.95. The molecule has 0 amide bonds. The van der Waals surface area contributed by atoms with Crippen molar-refractivity contribution in [3.8, 4) is 0 Å². The summed E-state index contributed by atoms with van der Waals surface area (Å²) >= 11 is 0. The van der Waals surface area contributed by atoms with E-state index in [1.165, 1.54) is 25.5 Å². The van der Waals surface area contributed by atoms with Gasteiger partial charge in [0.05, 0.1) is 17.2 Å². The summed E-state index contributed by atoms with van der Waals surface area (Å²) in [4.78, 5) is 19.3. The van der Waals surface area contributed by atoms with Crippen LogP contribution >= 0.6 is 0 Å². The fourth-order valence-electron chi connectivity index (χ4n) is 4.33. The van der Waals surface area contributed by atoms with Gasteiger partial charge in [-0.2, -0.15) is 0 Å². The molecule has 1 fully saturated rings. The first-order valence-corrected chi connectivity index (χ1v) is 9.74. The molecule has 1 aliphatic rings. The summed E-state index contributed by atoms with van der Waals surface area (Å²) in [6.45, 7) is 11.2. The van der Waals surface area contributed by atoms with Gasteiger partial charge in [0.1, 0.15) is 5.82 Å². The molecule has 0 saturated carbocycles. The monoisotopic (exact) mass is 359 g/mol. The maximum atomic E-state index is 14.3.